The van der Waals surface area contributed by atoms with Crippen molar-refractivity contribution in [2.45, 2.75) is 39.5 Å². The third-order valence-electron chi connectivity index (χ3n) is 3.68. The topological polar surface area (TPSA) is 28.2 Å². The second kappa shape index (κ2) is 6.62. The van der Waals surface area contributed by atoms with E-state index >= 15 is 0 Å². The third kappa shape index (κ3) is 3.62. The Labute approximate surface area is 111 Å². The van der Waals surface area contributed by atoms with Crippen LogP contribution in [0.1, 0.15) is 39.5 Å². The minimum absolute atomic E-state index is 0.870. The Balaban J connectivity index is 2.02. The summed E-state index contributed by atoms with van der Waals surface area (Å²) < 4.78 is 0. The Morgan fingerprint density at radius 2 is 2.28 bits per heavy atom. The van der Waals surface area contributed by atoms with Gasteiger partial charge in [-0.3, -0.25) is 0 Å². The number of pyridine rings is 1. The second-order valence-electron chi connectivity index (χ2n) is 5.35. The fraction of sp³-hybridized carbons (Fsp3) is 0.667. The van der Waals surface area contributed by atoms with Gasteiger partial charge in [0.25, 0.3) is 0 Å². The van der Waals surface area contributed by atoms with Crippen LogP contribution < -0.4 is 10.2 Å². The minimum atomic E-state index is 0.870. The van der Waals surface area contributed by atoms with Gasteiger partial charge in [-0.25, -0.2) is 4.98 Å². The number of hydrogen-bond acceptors (Lipinski definition) is 3. The molecule has 1 atom stereocenters. The average molecular weight is 247 g/mol. The van der Waals surface area contributed by atoms with E-state index in [0.717, 1.165) is 24.7 Å². The molecule has 1 aromatic heterocycles. The maximum absolute atomic E-state index is 4.37. The first kappa shape index (κ1) is 13.2. The van der Waals surface area contributed by atoms with E-state index in [0.29, 0.717) is 0 Å². The molecule has 0 radical (unpaired) electrons. The van der Waals surface area contributed by atoms with Crippen molar-refractivity contribution in [3.63, 3.8) is 0 Å². The standard InChI is InChI=1S/C15H25N3/c1-3-8-16-15-12-14(6-9-17-15)18-10-4-5-13(2)7-11-18/h6,9,12-13H,3-5,7-8,10-11H2,1-2H3,(H,16,17). The molecule has 18 heavy (non-hydrogen) atoms. The molecule has 1 aliphatic rings. The summed E-state index contributed by atoms with van der Waals surface area (Å²) in [5.41, 5.74) is 1.32. The number of nitrogens with one attached hydrogen (secondary N) is 1. The van der Waals surface area contributed by atoms with Gasteiger partial charge in [0.15, 0.2) is 0 Å². The van der Waals surface area contributed by atoms with Gasteiger partial charge in [0.2, 0.25) is 0 Å². The molecule has 2 rings (SSSR count). The van der Waals surface area contributed by atoms with Crippen LogP contribution in [0.4, 0.5) is 11.5 Å². The van der Waals surface area contributed by atoms with Gasteiger partial charge >= 0.3 is 0 Å². The van der Waals surface area contributed by atoms with Crippen molar-refractivity contribution in [1.29, 1.82) is 0 Å². The van der Waals surface area contributed by atoms with Crippen molar-refractivity contribution in [1.82, 2.24) is 4.98 Å². The van der Waals surface area contributed by atoms with Gasteiger partial charge in [-0.2, -0.15) is 0 Å². The van der Waals surface area contributed by atoms with Crippen LogP contribution in [0.15, 0.2) is 18.3 Å². The molecule has 3 heteroatoms. The molecule has 1 saturated heterocycles. The van der Waals surface area contributed by atoms with Crippen molar-refractivity contribution in [2.75, 3.05) is 29.9 Å². The SMILES string of the molecule is CCCNc1cc(N2CCCC(C)CC2)ccn1. The molecular formula is C15H25N3. The molecule has 0 amide bonds. The quantitative estimate of drug-likeness (QED) is 0.882. The molecule has 0 bridgehead atoms. The van der Waals surface area contributed by atoms with Gasteiger partial charge in [-0.1, -0.05) is 13.8 Å². The zero-order chi connectivity index (χ0) is 12.8. The normalized spacial score (nSPS) is 20.6. The van der Waals surface area contributed by atoms with E-state index < -0.39 is 0 Å². The van der Waals surface area contributed by atoms with Gasteiger partial charge in [0.05, 0.1) is 0 Å². The van der Waals surface area contributed by atoms with E-state index in [1.165, 1.54) is 38.0 Å². The molecule has 1 unspecified atom stereocenters. The van der Waals surface area contributed by atoms with Crippen molar-refractivity contribution < 1.29 is 0 Å². The molecule has 1 aliphatic heterocycles. The number of nitrogens with zero attached hydrogens (tertiary/aromatic N) is 2. The van der Waals surface area contributed by atoms with Crippen LogP contribution in [-0.4, -0.2) is 24.6 Å². The second-order valence-corrected chi connectivity index (χ2v) is 5.35. The van der Waals surface area contributed by atoms with Crippen LogP contribution in [0, 0.1) is 5.92 Å². The maximum atomic E-state index is 4.37. The summed E-state index contributed by atoms with van der Waals surface area (Å²) in [5.74, 6) is 1.88. The van der Waals surface area contributed by atoms with E-state index in [4.69, 9.17) is 0 Å². The minimum Gasteiger partial charge on any atom is -0.371 e. The first-order valence-corrected chi connectivity index (χ1v) is 7.24. The fourth-order valence-electron chi connectivity index (χ4n) is 2.49. The Morgan fingerprint density at radius 3 is 3.11 bits per heavy atom. The number of rotatable bonds is 4. The summed E-state index contributed by atoms with van der Waals surface area (Å²) in [4.78, 5) is 6.87. The van der Waals surface area contributed by atoms with E-state index in [-0.39, 0.29) is 0 Å². The van der Waals surface area contributed by atoms with Gasteiger partial charge in [-0.05, 0) is 37.7 Å². The van der Waals surface area contributed by atoms with Crippen molar-refractivity contribution >= 4 is 11.5 Å². The predicted octanol–water partition coefficient (Wildman–Crippen LogP) is 3.53. The summed E-state index contributed by atoms with van der Waals surface area (Å²) in [6.45, 7) is 7.89. The maximum Gasteiger partial charge on any atom is 0.127 e. The van der Waals surface area contributed by atoms with Gasteiger partial charge < -0.3 is 10.2 Å². The number of hydrogen-bond donors (Lipinski definition) is 1. The summed E-state index contributed by atoms with van der Waals surface area (Å²) in [6.07, 6.45) is 7.03. The molecule has 1 fully saturated rings. The highest BCUT2D eigenvalue weighted by Crippen LogP contribution is 2.23. The van der Waals surface area contributed by atoms with E-state index in [9.17, 15) is 0 Å². The molecule has 0 aromatic carbocycles. The lowest BCUT2D eigenvalue weighted by molar-refractivity contribution is 0.521. The van der Waals surface area contributed by atoms with Crippen molar-refractivity contribution in [3.05, 3.63) is 18.3 Å². The highest BCUT2D eigenvalue weighted by molar-refractivity contribution is 5.53. The molecule has 0 spiro atoms. The average Bonchev–Trinajstić information content (AvgIpc) is 2.61. The van der Waals surface area contributed by atoms with Crippen LogP contribution in [0.3, 0.4) is 0 Å². The Hall–Kier alpha value is -1.25. The Kier molecular flexibility index (Phi) is 4.85. The number of anilines is 2. The Morgan fingerprint density at radius 1 is 1.39 bits per heavy atom. The molecule has 0 saturated carbocycles. The van der Waals surface area contributed by atoms with Crippen LogP contribution in [-0.2, 0) is 0 Å². The number of aromatic nitrogens is 1. The molecule has 1 N–H and O–H groups in total. The van der Waals surface area contributed by atoms with Gasteiger partial charge in [-0.15, -0.1) is 0 Å². The summed E-state index contributed by atoms with van der Waals surface area (Å²) in [7, 11) is 0. The van der Waals surface area contributed by atoms with E-state index in [1.807, 2.05) is 6.20 Å². The zero-order valence-corrected chi connectivity index (χ0v) is 11.7. The van der Waals surface area contributed by atoms with Gasteiger partial charge in [0, 0.05) is 37.6 Å². The molecule has 0 aliphatic carbocycles. The van der Waals surface area contributed by atoms with Crippen LogP contribution in [0.2, 0.25) is 0 Å². The van der Waals surface area contributed by atoms with Gasteiger partial charge in [0.1, 0.15) is 5.82 Å². The lowest BCUT2D eigenvalue weighted by Gasteiger charge is -2.23. The van der Waals surface area contributed by atoms with Crippen molar-refractivity contribution in [2.24, 2.45) is 5.92 Å². The highest BCUT2D eigenvalue weighted by atomic mass is 15.1. The third-order valence-corrected chi connectivity index (χ3v) is 3.68. The fourth-order valence-corrected chi connectivity index (χ4v) is 2.49. The monoisotopic (exact) mass is 247 g/mol. The van der Waals surface area contributed by atoms with Crippen LogP contribution >= 0.6 is 0 Å². The molecule has 3 nitrogen and oxygen atoms in total. The largest absolute Gasteiger partial charge is 0.371 e. The smallest absolute Gasteiger partial charge is 0.127 e. The lowest BCUT2D eigenvalue weighted by Crippen LogP contribution is -2.24. The predicted molar refractivity (Wildman–Crippen MR) is 78.2 cm³/mol. The summed E-state index contributed by atoms with van der Waals surface area (Å²) >= 11 is 0. The van der Waals surface area contributed by atoms with E-state index in [2.05, 4.69) is 41.2 Å². The molecular weight excluding hydrogens is 222 g/mol. The first-order valence-electron chi connectivity index (χ1n) is 7.24. The lowest BCUT2D eigenvalue weighted by atomic mass is 10.0. The molecule has 2 heterocycles. The highest BCUT2D eigenvalue weighted by Gasteiger charge is 2.14. The van der Waals surface area contributed by atoms with Crippen LogP contribution in [0.25, 0.3) is 0 Å². The molecule has 100 valence electrons. The summed E-state index contributed by atoms with van der Waals surface area (Å²) in [6, 6.07) is 4.32. The van der Waals surface area contributed by atoms with Crippen molar-refractivity contribution in [3.8, 4) is 0 Å². The van der Waals surface area contributed by atoms with E-state index in [1.54, 1.807) is 0 Å². The van der Waals surface area contributed by atoms with Crippen LogP contribution in [0.5, 0.6) is 0 Å². The first-order chi connectivity index (χ1) is 8.79. The zero-order valence-electron chi connectivity index (χ0n) is 11.7. The summed E-state index contributed by atoms with van der Waals surface area (Å²) in [5, 5.41) is 3.36. The molecule has 1 aromatic rings. The Bertz CT molecular complexity index is 365.